The number of nitrogens with zero attached hydrogens (tertiary/aromatic N) is 1. The summed E-state index contributed by atoms with van der Waals surface area (Å²) in [6, 6.07) is 15.0. The van der Waals surface area contributed by atoms with Crippen molar-refractivity contribution in [1.82, 2.24) is 4.98 Å². The number of pyridine rings is 1. The Balaban J connectivity index is 1.97. The number of hydrogen-bond acceptors (Lipinski definition) is 2. The van der Waals surface area contributed by atoms with Gasteiger partial charge in [-0.15, -0.1) is 0 Å². The number of rotatable bonds is 2. The first-order chi connectivity index (χ1) is 10.1. The molecule has 0 saturated heterocycles. The topological polar surface area (TPSA) is 42.0 Å². The summed E-state index contributed by atoms with van der Waals surface area (Å²) in [6.07, 6.45) is 1.63. The van der Waals surface area contributed by atoms with E-state index in [1.807, 2.05) is 49.4 Å². The van der Waals surface area contributed by atoms with Gasteiger partial charge >= 0.3 is 0 Å². The lowest BCUT2D eigenvalue weighted by Gasteiger charge is -2.09. The molecule has 4 heteroatoms. The molecule has 104 valence electrons. The molecule has 0 bridgehead atoms. The van der Waals surface area contributed by atoms with Crippen LogP contribution in [-0.2, 0) is 0 Å². The second-order valence-electron chi connectivity index (χ2n) is 4.82. The SMILES string of the molecule is Cc1ccc(NC(=O)c2nccc3ccccc23)c(Cl)c1. The Hall–Kier alpha value is -2.39. The summed E-state index contributed by atoms with van der Waals surface area (Å²) in [5.74, 6) is -0.266. The Labute approximate surface area is 127 Å². The quantitative estimate of drug-likeness (QED) is 0.759. The van der Waals surface area contributed by atoms with E-state index in [9.17, 15) is 4.79 Å². The number of carbonyl (C=O) groups excluding carboxylic acids is 1. The highest BCUT2D eigenvalue weighted by Crippen LogP contribution is 2.24. The van der Waals surface area contributed by atoms with Gasteiger partial charge in [-0.05, 0) is 36.1 Å². The van der Waals surface area contributed by atoms with E-state index in [-0.39, 0.29) is 5.91 Å². The number of nitrogens with one attached hydrogen (secondary N) is 1. The maximum atomic E-state index is 12.4. The van der Waals surface area contributed by atoms with Crippen LogP contribution in [0.2, 0.25) is 5.02 Å². The average Bonchev–Trinajstić information content (AvgIpc) is 2.49. The van der Waals surface area contributed by atoms with E-state index in [4.69, 9.17) is 11.6 Å². The van der Waals surface area contributed by atoms with Gasteiger partial charge < -0.3 is 5.32 Å². The number of amides is 1. The number of anilines is 1. The first-order valence-electron chi connectivity index (χ1n) is 6.56. The molecule has 1 N–H and O–H groups in total. The van der Waals surface area contributed by atoms with E-state index in [2.05, 4.69) is 10.3 Å². The molecule has 0 aliphatic rings. The first kappa shape index (κ1) is 13.6. The summed E-state index contributed by atoms with van der Waals surface area (Å²) in [5.41, 5.74) is 2.02. The highest BCUT2D eigenvalue weighted by molar-refractivity contribution is 6.34. The Morgan fingerprint density at radius 3 is 2.76 bits per heavy atom. The third-order valence-corrected chi connectivity index (χ3v) is 3.57. The number of halogens is 1. The number of aryl methyl sites for hydroxylation is 1. The summed E-state index contributed by atoms with van der Waals surface area (Å²) >= 11 is 6.14. The van der Waals surface area contributed by atoms with Crippen molar-refractivity contribution in [3.63, 3.8) is 0 Å². The van der Waals surface area contributed by atoms with E-state index in [0.29, 0.717) is 16.4 Å². The molecule has 1 heterocycles. The Morgan fingerprint density at radius 1 is 1.14 bits per heavy atom. The molecule has 0 fully saturated rings. The van der Waals surface area contributed by atoms with Gasteiger partial charge in [0.2, 0.25) is 0 Å². The molecule has 3 aromatic rings. The number of carbonyl (C=O) groups is 1. The van der Waals surface area contributed by atoms with Gasteiger partial charge in [0.1, 0.15) is 5.69 Å². The summed E-state index contributed by atoms with van der Waals surface area (Å²) < 4.78 is 0. The van der Waals surface area contributed by atoms with Crippen LogP contribution in [0.15, 0.2) is 54.7 Å². The van der Waals surface area contributed by atoms with E-state index >= 15 is 0 Å². The molecular formula is C17H13ClN2O. The summed E-state index contributed by atoms with van der Waals surface area (Å²) in [6.45, 7) is 1.95. The van der Waals surface area contributed by atoms with Crippen molar-refractivity contribution in [3.05, 3.63) is 71.0 Å². The van der Waals surface area contributed by atoms with E-state index in [0.717, 1.165) is 16.3 Å². The van der Waals surface area contributed by atoms with Crippen LogP contribution in [0.3, 0.4) is 0 Å². The van der Waals surface area contributed by atoms with E-state index in [1.165, 1.54) is 0 Å². The van der Waals surface area contributed by atoms with Crippen molar-refractivity contribution in [2.45, 2.75) is 6.92 Å². The normalized spacial score (nSPS) is 10.6. The van der Waals surface area contributed by atoms with Gasteiger partial charge in [-0.3, -0.25) is 9.78 Å². The molecule has 0 aliphatic heterocycles. The van der Waals surface area contributed by atoms with Crippen LogP contribution in [-0.4, -0.2) is 10.9 Å². The zero-order chi connectivity index (χ0) is 14.8. The second-order valence-corrected chi connectivity index (χ2v) is 5.23. The number of hydrogen-bond donors (Lipinski definition) is 1. The van der Waals surface area contributed by atoms with Crippen LogP contribution in [0.4, 0.5) is 5.69 Å². The van der Waals surface area contributed by atoms with Crippen LogP contribution < -0.4 is 5.32 Å². The largest absolute Gasteiger partial charge is 0.319 e. The molecule has 0 saturated carbocycles. The molecule has 1 amide bonds. The molecule has 0 spiro atoms. The maximum Gasteiger partial charge on any atom is 0.274 e. The minimum atomic E-state index is -0.266. The van der Waals surface area contributed by atoms with Crippen molar-refractivity contribution < 1.29 is 4.79 Å². The molecule has 3 nitrogen and oxygen atoms in total. The monoisotopic (exact) mass is 296 g/mol. The van der Waals surface area contributed by atoms with Crippen molar-refractivity contribution in [2.75, 3.05) is 5.32 Å². The van der Waals surface area contributed by atoms with Crippen LogP contribution in [0.25, 0.3) is 10.8 Å². The number of fused-ring (bicyclic) bond motifs is 1. The van der Waals surface area contributed by atoms with Gasteiger partial charge in [-0.1, -0.05) is 41.9 Å². The fraction of sp³-hybridized carbons (Fsp3) is 0.0588. The predicted octanol–water partition coefficient (Wildman–Crippen LogP) is 4.45. The standard InChI is InChI=1S/C17H13ClN2O/c1-11-6-7-15(14(18)10-11)20-17(21)16-13-5-3-2-4-12(13)8-9-19-16/h2-10H,1H3,(H,20,21). The minimum Gasteiger partial charge on any atom is -0.319 e. The second kappa shape index (κ2) is 5.54. The highest BCUT2D eigenvalue weighted by Gasteiger charge is 2.13. The van der Waals surface area contributed by atoms with Crippen molar-refractivity contribution >= 4 is 34.0 Å². The minimum absolute atomic E-state index is 0.266. The van der Waals surface area contributed by atoms with Gasteiger partial charge in [-0.25, -0.2) is 0 Å². The van der Waals surface area contributed by atoms with E-state index in [1.54, 1.807) is 12.3 Å². The Bertz CT molecular complexity index is 825. The molecule has 0 atom stereocenters. The van der Waals surface area contributed by atoms with Gasteiger partial charge in [0.05, 0.1) is 10.7 Å². The Kier molecular flexibility index (Phi) is 3.59. The van der Waals surface area contributed by atoms with Crippen LogP contribution in [0.5, 0.6) is 0 Å². The summed E-state index contributed by atoms with van der Waals surface area (Å²) in [4.78, 5) is 16.6. The zero-order valence-corrected chi connectivity index (χ0v) is 12.2. The van der Waals surface area contributed by atoms with E-state index < -0.39 is 0 Å². The molecule has 21 heavy (non-hydrogen) atoms. The van der Waals surface area contributed by atoms with Gasteiger partial charge in [0.25, 0.3) is 5.91 Å². The molecule has 2 aromatic carbocycles. The van der Waals surface area contributed by atoms with Crippen LogP contribution >= 0.6 is 11.6 Å². The lowest BCUT2D eigenvalue weighted by molar-refractivity contribution is 0.102. The molecule has 0 unspecified atom stereocenters. The predicted molar refractivity (Wildman–Crippen MR) is 85.9 cm³/mol. The molecule has 0 aliphatic carbocycles. The number of benzene rings is 2. The third kappa shape index (κ3) is 2.73. The van der Waals surface area contributed by atoms with Crippen LogP contribution in [0.1, 0.15) is 16.1 Å². The average molecular weight is 297 g/mol. The molecule has 1 aromatic heterocycles. The van der Waals surface area contributed by atoms with Gasteiger partial charge in [-0.2, -0.15) is 0 Å². The lowest BCUT2D eigenvalue weighted by Crippen LogP contribution is -2.14. The fourth-order valence-electron chi connectivity index (χ4n) is 2.20. The smallest absolute Gasteiger partial charge is 0.274 e. The van der Waals surface area contributed by atoms with Gasteiger partial charge in [0.15, 0.2) is 0 Å². The summed E-state index contributed by atoms with van der Waals surface area (Å²) in [5, 5.41) is 5.13. The molecule has 0 radical (unpaired) electrons. The molecular weight excluding hydrogens is 284 g/mol. The first-order valence-corrected chi connectivity index (χ1v) is 6.94. The van der Waals surface area contributed by atoms with Crippen molar-refractivity contribution in [2.24, 2.45) is 0 Å². The van der Waals surface area contributed by atoms with Gasteiger partial charge in [0, 0.05) is 11.6 Å². The fourth-order valence-corrected chi connectivity index (χ4v) is 2.49. The number of aromatic nitrogens is 1. The molecule has 3 rings (SSSR count). The maximum absolute atomic E-state index is 12.4. The van der Waals surface area contributed by atoms with Crippen molar-refractivity contribution in [3.8, 4) is 0 Å². The van der Waals surface area contributed by atoms with Crippen molar-refractivity contribution in [1.29, 1.82) is 0 Å². The zero-order valence-electron chi connectivity index (χ0n) is 11.4. The summed E-state index contributed by atoms with van der Waals surface area (Å²) in [7, 11) is 0. The van der Waals surface area contributed by atoms with Crippen LogP contribution in [0, 0.1) is 6.92 Å². The Morgan fingerprint density at radius 2 is 1.95 bits per heavy atom. The highest BCUT2D eigenvalue weighted by atomic mass is 35.5. The lowest BCUT2D eigenvalue weighted by atomic mass is 10.1. The third-order valence-electron chi connectivity index (χ3n) is 3.26.